The van der Waals surface area contributed by atoms with Crippen LogP contribution in [0.2, 0.25) is 5.28 Å². The number of aromatic nitrogens is 2. The topological polar surface area (TPSA) is 78.4 Å². The van der Waals surface area contributed by atoms with Crippen LogP contribution in [-0.4, -0.2) is 46.7 Å². The van der Waals surface area contributed by atoms with Crippen LogP contribution in [0.15, 0.2) is 6.07 Å². The van der Waals surface area contributed by atoms with E-state index in [0.29, 0.717) is 37.8 Å². The van der Waals surface area contributed by atoms with Gasteiger partial charge in [-0.15, -0.1) is 0 Å². The first-order valence-electron chi connectivity index (χ1n) is 6.87. The van der Waals surface area contributed by atoms with Crippen LogP contribution in [0, 0.1) is 5.92 Å². The first-order chi connectivity index (χ1) is 9.61. The summed E-state index contributed by atoms with van der Waals surface area (Å²) in [5.74, 6) is 0.991. The van der Waals surface area contributed by atoms with Gasteiger partial charge in [-0.2, -0.15) is 0 Å². The van der Waals surface area contributed by atoms with E-state index >= 15 is 0 Å². The second kappa shape index (κ2) is 5.54. The summed E-state index contributed by atoms with van der Waals surface area (Å²) in [6, 6.07) is 1.63. The lowest BCUT2D eigenvalue weighted by Crippen LogP contribution is -2.28. The van der Waals surface area contributed by atoms with Crippen molar-refractivity contribution in [1.29, 1.82) is 0 Å². The van der Waals surface area contributed by atoms with Crippen molar-refractivity contribution in [2.24, 2.45) is 5.92 Å². The Balaban J connectivity index is 1.73. The molecule has 1 saturated heterocycles. The molecule has 20 heavy (non-hydrogen) atoms. The molecule has 0 bridgehead atoms. The number of nitrogens with one attached hydrogen (secondary N) is 1. The maximum absolute atomic E-state index is 12.0. The Labute approximate surface area is 122 Å². The van der Waals surface area contributed by atoms with Crippen molar-refractivity contribution in [3.63, 3.8) is 0 Å². The third kappa shape index (κ3) is 3.19. The second-order valence-corrected chi connectivity index (χ2v) is 5.76. The zero-order valence-electron chi connectivity index (χ0n) is 11.0. The highest BCUT2D eigenvalue weighted by Crippen LogP contribution is 2.27. The van der Waals surface area contributed by atoms with Crippen molar-refractivity contribution in [3.05, 3.63) is 17.0 Å². The average Bonchev–Trinajstić information content (AvgIpc) is 3.15. The number of nitrogens with zero attached hydrogens (tertiary/aromatic N) is 3. The molecule has 2 N–H and O–H groups in total. The summed E-state index contributed by atoms with van der Waals surface area (Å²) < 4.78 is 0. The van der Waals surface area contributed by atoms with E-state index in [2.05, 4.69) is 15.3 Å². The molecule has 0 unspecified atom stereocenters. The van der Waals surface area contributed by atoms with Crippen LogP contribution in [0.5, 0.6) is 0 Å². The third-order valence-electron chi connectivity index (χ3n) is 3.65. The van der Waals surface area contributed by atoms with Gasteiger partial charge < -0.3 is 15.3 Å². The number of β-amino-alcohol motifs (C(OH)–C–C–N with tert-alkyl or cyclic N) is 1. The zero-order valence-corrected chi connectivity index (χ0v) is 11.8. The standard InChI is InChI=1S/C13H17ClN4O2/c14-13-16-10(12(20)15-6-8-1-2-8)5-11(17-13)18-4-3-9(19)7-18/h5,8-9,19H,1-4,6-7H2,(H,15,20)/t9-/m1/s1. The summed E-state index contributed by atoms with van der Waals surface area (Å²) >= 11 is 5.89. The van der Waals surface area contributed by atoms with Gasteiger partial charge in [0, 0.05) is 25.7 Å². The summed E-state index contributed by atoms with van der Waals surface area (Å²) in [4.78, 5) is 22.1. The van der Waals surface area contributed by atoms with E-state index in [4.69, 9.17) is 11.6 Å². The predicted molar refractivity (Wildman–Crippen MR) is 74.9 cm³/mol. The predicted octanol–water partition coefficient (Wildman–Crippen LogP) is 0.841. The van der Waals surface area contributed by atoms with Crippen LogP contribution >= 0.6 is 11.6 Å². The molecule has 0 spiro atoms. The van der Waals surface area contributed by atoms with Crippen molar-refractivity contribution >= 4 is 23.3 Å². The summed E-state index contributed by atoms with van der Waals surface area (Å²) in [7, 11) is 0. The monoisotopic (exact) mass is 296 g/mol. The highest BCUT2D eigenvalue weighted by Gasteiger charge is 2.25. The van der Waals surface area contributed by atoms with Crippen molar-refractivity contribution in [3.8, 4) is 0 Å². The van der Waals surface area contributed by atoms with E-state index in [1.165, 1.54) is 12.8 Å². The van der Waals surface area contributed by atoms with Crippen molar-refractivity contribution in [2.45, 2.75) is 25.4 Å². The van der Waals surface area contributed by atoms with Crippen LogP contribution in [0.1, 0.15) is 29.8 Å². The number of anilines is 1. The third-order valence-corrected chi connectivity index (χ3v) is 3.82. The molecule has 1 aromatic rings. The smallest absolute Gasteiger partial charge is 0.270 e. The molecule has 3 rings (SSSR count). The molecule has 7 heteroatoms. The minimum absolute atomic E-state index is 0.0560. The Bertz CT molecular complexity index is 521. The number of aliphatic hydroxyl groups excluding tert-OH is 1. The molecule has 0 radical (unpaired) electrons. The van der Waals surface area contributed by atoms with Crippen LogP contribution < -0.4 is 10.2 Å². The average molecular weight is 297 g/mol. The summed E-state index contributed by atoms with van der Waals surface area (Å²) in [5.41, 5.74) is 0.280. The van der Waals surface area contributed by atoms with Gasteiger partial charge in [-0.25, -0.2) is 9.97 Å². The molecule has 2 heterocycles. The minimum atomic E-state index is -0.351. The van der Waals surface area contributed by atoms with Gasteiger partial charge in [0.15, 0.2) is 0 Å². The number of carbonyl (C=O) groups excluding carboxylic acids is 1. The molecule has 1 saturated carbocycles. The highest BCUT2D eigenvalue weighted by atomic mass is 35.5. The number of halogens is 1. The highest BCUT2D eigenvalue weighted by molar-refractivity contribution is 6.28. The lowest BCUT2D eigenvalue weighted by molar-refractivity contribution is 0.0946. The number of aliphatic hydroxyl groups is 1. The molecule has 2 fully saturated rings. The quantitative estimate of drug-likeness (QED) is 0.805. The number of hydrogen-bond acceptors (Lipinski definition) is 5. The molecule has 108 valence electrons. The second-order valence-electron chi connectivity index (χ2n) is 5.42. The fourth-order valence-electron chi connectivity index (χ4n) is 2.28. The van der Waals surface area contributed by atoms with Crippen LogP contribution in [0.3, 0.4) is 0 Å². The molecule has 6 nitrogen and oxygen atoms in total. The summed E-state index contributed by atoms with van der Waals surface area (Å²) in [6.45, 7) is 1.91. The minimum Gasteiger partial charge on any atom is -0.391 e. The molecule has 1 aromatic heterocycles. The first-order valence-corrected chi connectivity index (χ1v) is 7.25. The van der Waals surface area contributed by atoms with Gasteiger partial charge in [0.2, 0.25) is 5.28 Å². The van der Waals surface area contributed by atoms with E-state index in [-0.39, 0.29) is 23.0 Å². The maximum Gasteiger partial charge on any atom is 0.270 e. The lowest BCUT2D eigenvalue weighted by atomic mass is 10.3. The molecule has 1 amide bonds. The van der Waals surface area contributed by atoms with Gasteiger partial charge in [0.25, 0.3) is 5.91 Å². The van der Waals surface area contributed by atoms with E-state index in [0.717, 1.165) is 0 Å². The molecular weight excluding hydrogens is 280 g/mol. The van der Waals surface area contributed by atoms with Gasteiger partial charge in [0.1, 0.15) is 11.5 Å². The Morgan fingerprint density at radius 1 is 1.45 bits per heavy atom. The fourth-order valence-corrected chi connectivity index (χ4v) is 2.46. The molecule has 1 aliphatic heterocycles. The Morgan fingerprint density at radius 3 is 2.90 bits per heavy atom. The van der Waals surface area contributed by atoms with E-state index in [1.807, 2.05) is 4.90 Å². The Hall–Kier alpha value is -1.40. The summed E-state index contributed by atoms with van der Waals surface area (Å²) in [5, 5.41) is 12.5. The van der Waals surface area contributed by atoms with Gasteiger partial charge in [-0.1, -0.05) is 0 Å². The van der Waals surface area contributed by atoms with Crippen LogP contribution in [0.4, 0.5) is 5.82 Å². The van der Waals surface area contributed by atoms with E-state index in [9.17, 15) is 9.90 Å². The largest absolute Gasteiger partial charge is 0.391 e. The first kappa shape index (κ1) is 13.6. The van der Waals surface area contributed by atoms with Crippen LogP contribution in [0.25, 0.3) is 0 Å². The van der Waals surface area contributed by atoms with E-state index in [1.54, 1.807) is 6.07 Å². The lowest BCUT2D eigenvalue weighted by Gasteiger charge is -2.17. The van der Waals surface area contributed by atoms with Crippen LogP contribution in [-0.2, 0) is 0 Å². The number of hydrogen-bond donors (Lipinski definition) is 2. The van der Waals surface area contributed by atoms with E-state index < -0.39 is 0 Å². The normalized spacial score (nSPS) is 22.1. The molecule has 0 aromatic carbocycles. The fraction of sp³-hybridized carbons (Fsp3) is 0.615. The van der Waals surface area contributed by atoms with Gasteiger partial charge in [-0.05, 0) is 36.8 Å². The molecule has 1 atom stereocenters. The Kier molecular flexibility index (Phi) is 3.76. The molecule has 2 aliphatic rings. The Morgan fingerprint density at radius 2 is 2.25 bits per heavy atom. The molecular formula is C13H17ClN4O2. The van der Waals surface area contributed by atoms with Gasteiger partial charge in [0.05, 0.1) is 6.10 Å². The zero-order chi connectivity index (χ0) is 14.1. The van der Waals surface area contributed by atoms with Crippen molar-refractivity contribution < 1.29 is 9.90 Å². The van der Waals surface area contributed by atoms with Gasteiger partial charge >= 0.3 is 0 Å². The molecule has 1 aliphatic carbocycles. The van der Waals surface area contributed by atoms with Crippen molar-refractivity contribution in [1.82, 2.24) is 15.3 Å². The number of rotatable bonds is 4. The van der Waals surface area contributed by atoms with Crippen molar-refractivity contribution in [2.75, 3.05) is 24.5 Å². The number of carbonyl (C=O) groups is 1. The van der Waals surface area contributed by atoms with Gasteiger partial charge in [-0.3, -0.25) is 4.79 Å². The summed E-state index contributed by atoms with van der Waals surface area (Å²) in [6.07, 6.45) is 2.71. The SMILES string of the molecule is O=C(NCC1CC1)c1cc(N2CC[C@@H](O)C2)nc(Cl)n1. The maximum atomic E-state index is 12.0. The number of amides is 1.